The Hall–Kier alpha value is -2.80. The van der Waals surface area contributed by atoms with Crippen LogP contribution in [0.3, 0.4) is 0 Å². The SMILES string of the molecule is CC(C)(C)OC(=O)N1CCOc2c(Cl)cc(-c3coc4c(F)c(F)ccc34)cc2C1. The number of amides is 1. The Morgan fingerprint density at radius 1 is 1.23 bits per heavy atom. The van der Waals surface area contributed by atoms with Crippen molar-refractivity contribution in [3.05, 3.63) is 52.7 Å². The zero-order valence-electron chi connectivity index (χ0n) is 16.7. The third-order valence-corrected chi connectivity index (χ3v) is 4.97. The van der Waals surface area contributed by atoms with Gasteiger partial charge in [0.15, 0.2) is 11.4 Å². The van der Waals surface area contributed by atoms with Crippen LogP contribution in [0.25, 0.3) is 22.1 Å². The van der Waals surface area contributed by atoms with Crippen LogP contribution in [0.2, 0.25) is 5.02 Å². The zero-order chi connectivity index (χ0) is 21.6. The molecule has 1 aliphatic heterocycles. The van der Waals surface area contributed by atoms with Crippen molar-refractivity contribution in [3.8, 4) is 16.9 Å². The molecule has 0 saturated heterocycles. The standard InChI is InChI=1S/C22H20ClF2NO4/c1-22(2,3)30-21(27)26-6-7-28-19-13(10-26)8-12(9-16(19)23)15-11-29-20-14(15)4-5-17(24)18(20)25/h4-5,8-9,11H,6-7,10H2,1-3H3. The molecule has 0 aliphatic carbocycles. The number of carbonyl (C=O) groups excluding carboxylic acids is 1. The van der Waals surface area contributed by atoms with Crippen LogP contribution in [0.4, 0.5) is 13.6 Å². The number of halogens is 3. The van der Waals surface area contributed by atoms with Gasteiger partial charge in [0.2, 0.25) is 5.82 Å². The van der Waals surface area contributed by atoms with Crippen molar-refractivity contribution in [2.45, 2.75) is 32.9 Å². The van der Waals surface area contributed by atoms with Gasteiger partial charge >= 0.3 is 6.09 Å². The van der Waals surface area contributed by atoms with Gasteiger partial charge in [0.05, 0.1) is 24.4 Å². The van der Waals surface area contributed by atoms with Crippen LogP contribution in [0, 0.1) is 11.6 Å². The van der Waals surface area contributed by atoms with Gasteiger partial charge < -0.3 is 18.8 Å². The van der Waals surface area contributed by atoms with Crippen molar-refractivity contribution in [3.63, 3.8) is 0 Å². The summed E-state index contributed by atoms with van der Waals surface area (Å²) in [6.07, 6.45) is 0.904. The van der Waals surface area contributed by atoms with Gasteiger partial charge in [-0.1, -0.05) is 11.6 Å². The van der Waals surface area contributed by atoms with E-state index in [-0.39, 0.29) is 18.7 Å². The maximum Gasteiger partial charge on any atom is 0.410 e. The average molecular weight is 436 g/mol. The first-order valence-electron chi connectivity index (χ1n) is 9.43. The quantitative estimate of drug-likeness (QED) is 0.459. The molecule has 0 atom stereocenters. The number of benzene rings is 2. The molecule has 0 N–H and O–H groups in total. The van der Waals surface area contributed by atoms with Crippen molar-refractivity contribution in [2.24, 2.45) is 0 Å². The summed E-state index contributed by atoms with van der Waals surface area (Å²) in [5.74, 6) is -1.54. The van der Waals surface area contributed by atoms with Crippen LogP contribution in [0.1, 0.15) is 26.3 Å². The first-order valence-corrected chi connectivity index (χ1v) is 9.80. The van der Waals surface area contributed by atoms with Crippen LogP contribution in [0.5, 0.6) is 5.75 Å². The lowest BCUT2D eigenvalue weighted by Crippen LogP contribution is -2.37. The predicted octanol–water partition coefficient (Wildman–Crippen LogP) is 6.16. The van der Waals surface area contributed by atoms with Crippen molar-refractivity contribution in [1.82, 2.24) is 4.90 Å². The summed E-state index contributed by atoms with van der Waals surface area (Å²) in [5, 5.41) is 0.772. The molecule has 0 fully saturated rings. The third-order valence-electron chi connectivity index (χ3n) is 4.69. The highest BCUT2D eigenvalue weighted by molar-refractivity contribution is 6.32. The molecule has 5 nitrogen and oxygen atoms in total. The molecule has 0 spiro atoms. The highest BCUT2D eigenvalue weighted by atomic mass is 35.5. The van der Waals surface area contributed by atoms with Crippen LogP contribution in [0.15, 0.2) is 34.9 Å². The fourth-order valence-electron chi connectivity index (χ4n) is 3.37. The molecule has 0 bridgehead atoms. The van der Waals surface area contributed by atoms with Gasteiger partial charge in [-0.25, -0.2) is 9.18 Å². The normalized spacial score (nSPS) is 14.3. The zero-order valence-corrected chi connectivity index (χ0v) is 17.5. The minimum Gasteiger partial charge on any atom is -0.490 e. The minimum atomic E-state index is -1.04. The molecule has 1 aromatic heterocycles. The fraction of sp³-hybridized carbons (Fsp3) is 0.318. The van der Waals surface area contributed by atoms with Gasteiger partial charge in [-0.05, 0) is 50.6 Å². The highest BCUT2D eigenvalue weighted by Crippen LogP contribution is 2.39. The number of ether oxygens (including phenoxy) is 2. The second-order valence-corrected chi connectivity index (χ2v) is 8.49. The van der Waals surface area contributed by atoms with E-state index in [1.54, 1.807) is 37.8 Å². The van der Waals surface area contributed by atoms with Crippen LogP contribution in [-0.4, -0.2) is 29.7 Å². The minimum absolute atomic E-state index is 0.164. The van der Waals surface area contributed by atoms with Gasteiger partial charge in [0.1, 0.15) is 18.0 Å². The Kier molecular flexibility index (Phi) is 5.10. The molecule has 1 amide bonds. The summed E-state index contributed by atoms with van der Waals surface area (Å²) in [7, 11) is 0. The molecule has 2 aromatic carbocycles. The van der Waals surface area contributed by atoms with Gasteiger partial charge in [-0.2, -0.15) is 4.39 Å². The Balaban J connectivity index is 1.74. The van der Waals surface area contributed by atoms with Crippen LogP contribution < -0.4 is 4.74 Å². The maximum atomic E-state index is 14.0. The van der Waals surface area contributed by atoms with E-state index < -0.39 is 23.3 Å². The molecule has 158 valence electrons. The number of nitrogens with zero attached hydrogens (tertiary/aromatic N) is 1. The Morgan fingerprint density at radius 2 is 2.00 bits per heavy atom. The lowest BCUT2D eigenvalue weighted by Gasteiger charge is -2.26. The largest absolute Gasteiger partial charge is 0.490 e. The number of hydrogen-bond acceptors (Lipinski definition) is 4. The number of furan rings is 1. The van der Waals surface area contributed by atoms with Gasteiger partial charge in [-0.15, -0.1) is 0 Å². The lowest BCUT2D eigenvalue weighted by atomic mass is 10.0. The summed E-state index contributed by atoms with van der Waals surface area (Å²) < 4.78 is 44.0. The summed E-state index contributed by atoms with van der Waals surface area (Å²) in [4.78, 5) is 14.1. The van der Waals surface area contributed by atoms with E-state index >= 15 is 0 Å². The number of carbonyl (C=O) groups is 1. The molecule has 0 radical (unpaired) electrons. The predicted molar refractivity (Wildman–Crippen MR) is 109 cm³/mol. The fourth-order valence-corrected chi connectivity index (χ4v) is 3.67. The number of fused-ring (bicyclic) bond motifs is 2. The summed E-state index contributed by atoms with van der Waals surface area (Å²) in [6, 6.07) is 5.98. The monoisotopic (exact) mass is 435 g/mol. The molecular formula is C22H20ClF2NO4. The van der Waals surface area contributed by atoms with Crippen LogP contribution in [-0.2, 0) is 11.3 Å². The second-order valence-electron chi connectivity index (χ2n) is 8.08. The average Bonchev–Trinajstić information content (AvgIpc) is 2.96. The van der Waals surface area contributed by atoms with E-state index in [0.717, 1.165) is 6.07 Å². The first-order chi connectivity index (χ1) is 14.1. The second kappa shape index (κ2) is 7.47. The van der Waals surface area contributed by atoms with Gasteiger partial charge in [-0.3, -0.25) is 0 Å². The summed E-state index contributed by atoms with van der Waals surface area (Å²) in [6.45, 7) is 6.24. The molecule has 0 saturated carbocycles. The van der Waals surface area contributed by atoms with E-state index in [9.17, 15) is 13.6 Å². The molecular weight excluding hydrogens is 416 g/mol. The van der Waals surface area contributed by atoms with Crippen molar-refractivity contribution in [1.29, 1.82) is 0 Å². The van der Waals surface area contributed by atoms with E-state index in [0.29, 0.717) is 39.4 Å². The topological polar surface area (TPSA) is 51.9 Å². The lowest BCUT2D eigenvalue weighted by molar-refractivity contribution is 0.0225. The summed E-state index contributed by atoms with van der Waals surface area (Å²) >= 11 is 6.45. The highest BCUT2D eigenvalue weighted by Gasteiger charge is 2.27. The first kappa shape index (κ1) is 20.5. The van der Waals surface area contributed by atoms with Crippen LogP contribution >= 0.6 is 11.6 Å². The molecule has 1 aliphatic rings. The van der Waals surface area contributed by atoms with Gasteiger partial charge in [0, 0.05) is 16.5 Å². The van der Waals surface area contributed by atoms with E-state index in [1.807, 2.05) is 0 Å². The molecule has 8 heteroatoms. The Morgan fingerprint density at radius 3 is 2.73 bits per heavy atom. The number of rotatable bonds is 1. The molecule has 0 unspecified atom stereocenters. The van der Waals surface area contributed by atoms with Crippen molar-refractivity contribution < 1.29 is 27.5 Å². The Bertz CT molecular complexity index is 1140. The molecule has 4 rings (SSSR count). The van der Waals surface area contributed by atoms with Gasteiger partial charge in [0.25, 0.3) is 0 Å². The maximum absolute atomic E-state index is 14.0. The Labute approximate surface area is 177 Å². The van der Waals surface area contributed by atoms with E-state index in [1.165, 1.54) is 12.3 Å². The van der Waals surface area contributed by atoms with Crippen molar-refractivity contribution in [2.75, 3.05) is 13.2 Å². The number of hydrogen-bond donors (Lipinski definition) is 0. The molecule has 30 heavy (non-hydrogen) atoms. The smallest absolute Gasteiger partial charge is 0.410 e. The third kappa shape index (κ3) is 3.81. The van der Waals surface area contributed by atoms with E-state index in [2.05, 4.69) is 0 Å². The van der Waals surface area contributed by atoms with Crippen molar-refractivity contribution >= 4 is 28.7 Å². The molecule has 3 aromatic rings. The van der Waals surface area contributed by atoms with E-state index in [4.69, 9.17) is 25.5 Å². The summed E-state index contributed by atoms with van der Waals surface area (Å²) in [5.41, 5.74) is 1.09. The molecule has 2 heterocycles.